The molecule has 0 spiro atoms. The van der Waals surface area contributed by atoms with E-state index in [0.29, 0.717) is 19.6 Å². The van der Waals surface area contributed by atoms with Gasteiger partial charge in [0, 0.05) is 6.54 Å². The van der Waals surface area contributed by atoms with Gasteiger partial charge in [-0.3, -0.25) is 9.59 Å². The second-order valence-corrected chi connectivity index (χ2v) is 5.44. The summed E-state index contributed by atoms with van der Waals surface area (Å²) in [5.41, 5.74) is 4.74. The highest BCUT2D eigenvalue weighted by Crippen LogP contribution is 2.56. The molecule has 7 heteroatoms. The van der Waals surface area contributed by atoms with Gasteiger partial charge in [0.25, 0.3) is 0 Å². The van der Waals surface area contributed by atoms with Gasteiger partial charge in [0.1, 0.15) is 5.54 Å². The summed E-state index contributed by atoms with van der Waals surface area (Å²) in [6.07, 6.45) is 1.63. The van der Waals surface area contributed by atoms with Crippen molar-refractivity contribution < 1.29 is 24.2 Å². The first-order chi connectivity index (χ1) is 9.43. The van der Waals surface area contributed by atoms with Crippen molar-refractivity contribution >= 4 is 17.8 Å². The number of carboxylic acid groups (broad SMARTS) is 1. The largest absolute Gasteiger partial charge is 0.481 e. The first kappa shape index (κ1) is 14.8. The standard InChI is InChI=1S/C13H20N2O5/c1-2-5-20-12(19)13-7-8(13)3-4-15(13)11(18)9(14)6-10(16)17/h8-9H,2-7,14H2,1H3,(H,16,17)/t8?,9-,13-/m0/s1. The quantitative estimate of drug-likeness (QED) is 0.650. The van der Waals surface area contributed by atoms with Crippen LogP contribution in [0.15, 0.2) is 0 Å². The number of likely N-dealkylation sites (tertiary alicyclic amines) is 1. The molecular weight excluding hydrogens is 264 g/mol. The van der Waals surface area contributed by atoms with E-state index in [2.05, 4.69) is 0 Å². The molecule has 1 heterocycles. The minimum Gasteiger partial charge on any atom is -0.481 e. The Hall–Kier alpha value is -1.63. The minimum absolute atomic E-state index is 0.132. The third-order valence-corrected chi connectivity index (χ3v) is 4.02. The van der Waals surface area contributed by atoms with E-state index >= 15 is 0 Å². The molecule has 1 unspecified atom stereocenters. The Bertz CT molecular complexity index is 438. The number of piperidine rings is 1. The summed E-state index contributed by atoms with van der Waals surface area (Å²) < 4.78 is 5.17. The Kier molecular flexibility index (Phi) is 3.99. The van der Waals surface area contributed by atoms with Crippen LogP contribution in [0, 0.1) is 5.92 Å². The maximum absolute atomic E-state index is 12.2. The summed E-state index contributed by atoms with van der Waals surface area (Å²) in [6, 6.07) is -1.11. The van der Waals surface area contributed by atoms with Gasteiger partial charge in [-0.1, -0.05) is 6.92 Å². The average Bonchev–Trinajstić information content (AvgIpc) is 3.01. The van der Waals surface area contributed by atoms with Crippen LogP contribution >= 0.6 is 0 Å². The number of carboxylic acids is 1. The Morgan fingerprint density at radius 3 is 2.75 bits per heavy atom. The zero-order valence-electron chi connectivity index (χ0n) is 11.5. The van der Waals surface area contributed by atoms with Crippen LogP contribution in [-0.2, 0) is 19.1 Å². The number of nitrogens with two attached hydrogens (primary N) is 1. The fraction of sp³-hybridized carbons (Fsp3) is 0.769. The zero-order valence-corrected chi connectivity index (χ0v) is 11.5. The molecule has 1 saturated carbocycles. The Balaban J connectivity index is 2.06. The lowest BCUT2D eigenvalue weighted by atomic mass is 10.1. The Morgan fingerprint density at radius 2 is 2.20 bits per heavy atom. The van der Waals surface area contributed by atoms with E-state index in [1.807, 2.05) is 6.92 Å². The summed E-state index contributed by atoms with van der Waals surface area (Å²) in [6.45, 7) is 2.67. The maximum atomic E-state index is 12.2. The number of ether oxygens (including phenoxy) is 1. The SMILES string of the molecule is CCCOC(=O)[C@]12CC1CCN2C(=O)[C@@H](N)CC(=O)O. The highest BCUT2D eigenvalue weighted by molar-refractivity contribution is 5.95. The molecular formula is C13H20N2O5. The van der Waals surface area contributed by atoms with Crippen LogP contribution in [-0.4, -0.2) is 52.6 Å². The highest BCUT2D eigenvalue weighted by atomic mass is 16.5. The van der Waals surface area contributed by atoms with E-state index in [9.17, 15) is 14.4 Å². The minimum atomic E-state index is -1.12. The number of amides is 1. The predicted molar refractivity (Wildman–Crippen MR) is 68.6 cm³/mol. The van der Waals surface area contributed by atoms with Crippen molar-refractivity contribution in [1.82, 2.24) is 4.90 Å². The highest BCUT2D eigenvalue weighted by Gasteiger charge is 2.69. The molecule has 0 aromatic heterocycles. The van der Waals surface area contributed by atoms with Crippen molar-refractivity contribution in [3.8, 4) is 0 Å². The molecule has 2 aliphatic rings. The van der Waals surface area contributed by atoms with Gasteiger partial charge in [0.2, 0.25) is 5.91 Å². The van der Waals surface area contributed by atoms with Crippen LogP contribution in [0.4, 0.5) is 0 Å². The Labute approximate surface area is 117 Å². The topological polar surface area (TPSA) is 110 Å². The fourth-order valence-corrected chi connectivity index (χ4v) is 2.93. The lowest BCUT2D eigenvalue weighted by Gasteiger charge is -2.28. The van der Waals surface area contributed by atoms with Crippen molar-refractivity contribution in [3.63, 3.8) is 0 Å². The molecule has 0 aromatic carbocycles. The lowest BCUT2D eigenvalue weighted by molar-refractivity contribution is -0.157. The summed E-state index contributed by atoms with van der Waals surface area (Å²) in [5.74, 6) is -1.84. The molecule has 0 bridgehead atoms. The molecule has 1 saturated heterocycles. The van der Waals surface area contributed by atoms with Gasteiger partial charge >= 0.3 is 11.9 Å². The smallest absolute Gasteiger partial charge is 0.332 e. The molecule has 3 atom stereocenters. The number of esters is 1. The van der Waals surface area contributed by atoms with Crippen molar-refractivity contribution in [2.75, 3.05) is 13.2 Å². The third kappa shape index (κ3) is 2.37. The van der Waals surface area contributed by atoms with E-state index in [1.54, 1.807) is 0 Å². The fourth-order valence-electron chi connectivity index (χ4n) is 2.93. The molecule has 7 nitrogen and oxygen atoms in total. The average molecular weight is 284 g/mol. The summed E-state index contributed by atoms with van der Waals surface area (Å²) in [5, 5.41) is 8.70. The number of aliphatic carboxylic acids is 1. The normalized spacial score (nSPS) is 28.7. The summed E-state index contributed by atoms with van der Waals surface area (Å²) >= 11 is 0. The monoisotopic (exact) mass is 284 g/mol. The number of carbonyl (C=O) groups is 3. The van der Waals surface area contributed by atoms with E-state index in [1.165, 1.54) is 4.90 Å². The van der Waals surface area contributed by atoms with E-state index in [4.69, 9.17) is 15.6 Å². The molecule has 3 N–H and O–H groups in total. The van der Waals surface area contributed by atoms with Crippen molar-refractivity contribution in [1.29, 1.82) is 0 Å². The van der Waals surface area contributed by atoms with Gasteiger partial charge in [-0.15, -0.1) is 0 Å². The van der Waals surface area contributed by atoms with E-state index in [-0.39, 0.29) is 11.9 Å². The number of fused-ring (bicyclic) bond motifs is 1. The second-order valence-electron chi connectivity index (χ2n) is 5.44. The van der Waals surface area contributed by atoms with Gasteiger partial charge in [0.15, 0.2) is 0 Å². The first-order valence-corrected chi connectivity index (χ1v) is 6.89. The van der Waals surface area contributed by atoms with Gasteiger partial charge in [0.05, 0.1) is 19.1 Å². The second kappa shape index (κ2) is 5.40. The van der Waals surface area contributed by atoms with Gasteiger partial charge in [-0.2, -0.15) is 0 Å². The molecule has 20 heavy (non-hydrogen) atoms. The molecule has 2 fully saturated rings. The van der Waals surface area contributed by atoms with Crippen LogP contribution in [0.3, 0.4) is 0 Å². The third-order valence-electron chi connectivity index (χ3n) is 4.02. The van der Waals surface area contributed by atoms with Crippen LogP contribution in [0.5, 0.6) is 0 Å². The summed E-state index contributed by atoms with van der Waals surface area (Å²) in [7, 11) is 0. The molecule has 1 amide bonds. The molecule has 1 aliphatic carbocycles. The summed E-state index contributed by atoms with van der Waals surface area (Å²) in [4.78, 5) is 36.5. The van der Waals surface area contributed by atoms with Crippen molar-refractivity contribution in [3.05, 3.63) is 0 Å². The number of rotatable bonds is 6. The number of hydrogen-bond donors (Lipinski definition) is 2. The number of nitrogens with zero attached hydrogens (tertiary/aromatic N) is 1. The van der Waals surface area contributed by atoms with E-state index < -0.39 is 29.9 Å². The molecule has 0 aromatic rings. The molecule has 2 rings (SSSR count). The molecule has 1 aliphatic heterocycles. The zero-order chi connectivity index (χ0) is 14.9. The van der Waals surface area contributed by atoms with Crippen LogP contribution in [0.25, 0.3) is 0 Å². The van der Waals surface area contributed by atoms with Gasteiger partial charge < -0.3 is 20.5 Å². The molecule has 0 radical (unpaired) electrons. The van der Waals surface area contributed by atoms with Crippen molar-refractivity contribution in [2.24, 2.45) is 11.7 Å². The van der Waals surface area contributed by atoms with Gasteiger partial charge in [-0.05, 0) is 25.2 Å². The van der Waals surface area contributed by atoms with Crippen molar-refractivity contribution in [2.45, 2.75) is 44.2 Å². The maximum Gasteiger partial charge on any atom is 0.332 e. The lowest BCUT2D eigenvalue weighted by Crippen LogP contribution is -2.52. The van der Waals surface area contributed by atoms with Gasteiger partial charge in [-0.25, -0.2) is 4.79 Å². The predicted octanol–water partition coefficient (Wildman–Crippen LogP) is -0.267. The molecule has 112 valence electrons. The van der Waals surface area contributed by atoms with E-state index in [0.717, 1.165) is 12.8 Å². The Morgan fingerprint density at radius 1 is 1.50 bits per heavy atom. The first-order valence-electron chi connectivity index (χ1n) is 6.89. The van der Waals surface area contributed by atoms with Crippen LogP contribution in [0.2, 0.25) is 0 Å². The van der Waals surface area contributed by atoms with Crippen LogP contribution in [0.1, 0.15) is 32.6 Å². The van der Waals surface area contributed by atoms with Crippen LogP contribution < -0.4 is 5.73 Å². The number of carbonyl (C=O) groups excluding carboxylic acids is 2. The number of hydrogen-bond acceptors (Lipinski definition) is 5.